The Hall–Kier alpha value is -1.13. The highest BCUT2D eigenvalue weighted by Gasteiger charge is 2.05. The Morgan fingerprint density at radius 3 is 3.06 bits per heavy atom. The van der Waals surface area contributed by atoms with Gasteiger partial charge in [0, 0.05) is 19.3 Å². The smallest absolute Gasteiger partial charge is 0.105 e. The number of nitrogens with one attached hydrogen (secondary N) is 1. The maximum atomic E-state index is 4.36. The Balaban J connectivity index is 2.05. The van der Waals surface area contributed by atoms with Gasteiger partial charge in [-0.3, -0.25) is 0 Å². The fourth-order valence-corrected chi connectivity index (χ4v) is 2.52. The first-order chi connectivity index (χ1) is 7.81. The van der Waals surface area contributed by atoms with Crippen LogP contribution in [0.25, 0.3) is 0 Å². The second kappa shape index (κ2) is 5.27. The Labute approximate surface area is 100 Å². The summed E-state index contributed by atoms with van der Waals surface area (Å²) < 4.78 is 2.29. The van der Waals surface area contributed by atoms with E-state index in [-0.39, 0.29) is 0 Å². The molecule has 0 saturated carbocycles. The van der Waals surface area contributed by atoms with E-state index in [4.69, 9.17) is 0 Å². The van der Waals surface area contributed by atoms with Gasteiger partial charge in [0.25, 0.3) is 0 Å². The molecule has 2 heterocycles. The predicted molar refractivity (Wildman–Crippen MR) is 67.8 cm³/mol. The quantitative estimate of drug-likeness (QED) is 0.861. The van der Waals surface area contributed by atoms with Gasteiger partial charge in [-0.2, -0.15) is 11.3 Å². The van der Waals surface area contributed by atoms with Gasteiger partial charge < -0.3 is 9.88 Å². The van der Waals surface area contributed by atoms with Crippen LogP contribution in [0.1, 0.15) is 17.1 Å². The van der Waals surface area contributed by atoms with E-state index in [1.807, 2.05) is 13.2 Å². The van der Waals surface area contributed by atoms with Gasteiger partial charge in [-0.15, -0.1) is 0 Å². The maximum Gasteiger partial charge on any atom is 0.105 e. The number of thiophene rings is 1. The Morgan fingerprint density at radius 1 is 1.50 bits per heavy atom. The lowest BCUT2D eigenvalue weighted by Gasteiger charge is -2.09. The lowest BCUT2D eigenvalue weighted by molar-refractivity contribution is 0.622. The summed E-state index contributed by atoms with van der Waals surface area (Å²) in [5.41, 5.74) is 2.67. The molecule has 3 nitrogen and oxygen atoms in total. The van der Waals surface area contributed by atoms with Crippen molar-refractivity contribution < 1.29 is 0 Å². The van der Waals surface area contributed by atoms with Gasteiger partial charge in [-0.25, -0.2) is 4.98 Å². The molecule has 0 bridgehead atoms. The second-order valence-electron chi connectivity index (χ2n) is 3.86. The summed E-state index contributed by atoms with van der Waals surface area (Å²) in [5.74, 6) is 1.10. The Kier molecular flexibility index (Phi) is 3.74. The van der Waals surface area contributed by atoms with E-state index in [9.17, 15) is 0 Å². The van der Waals surface area contributed by atoms with Crippen LogP contribution in [0.2, 0.25) is 0 Å². The average molecular weight is 235 g/mol. The molecule has 0 fully saturated rings. The molecule has 0 amide bonds. The Morgan fingerprint density at radius 2 is 2.38 bits per heavy atom. The first-order valence-corrected chi connectivity index (χ1v) is 6.42. The summed E-state index contributed by atoms with van der Waals surface area (Å²) in [6.45, 7) is 3.96. The molecular formula is C12H17N3S. The van der Waals surface area contributed by atoms with Gasteiger partial charge in [0.2, 0.25) is 0 Å². The van der Waals surface area contributed by atoms with E-state index >= 15 is 0 Å². The number of aryl methyl sites for hydroxylation is 2. The molecule has 0 aliphatic heterocycles. The fraction of sp³-hybridized carbons (Fsp3) is 0.417. The highest BCUT2D eigenvalue weighted by molar-refractivity contribution is 7.07. The molecule has 86 valence electrons. The van der Waals surface area contributed by atoms with Gasteiger partial charge >= 0.3 is 0 Å². The summed E-state index contributed by atoms with van der Waals surface area (Å²) in [6.07, 6.45) is 3.04. The molecule has 1 N–H and O–H groups in total. The number of hydrogen-bond acceptors (Lipinski definition) is 3. The van der Waals surface area contributed by atoms with Crippen molar-refractivity contribution in [3.8, 4) is 0 Å². The molecule has 2 aromatic rings. The van der Waals surface area contributed by atoms with Crippen molar-refractivity contribution in [3.05, 3.63) is 40.1 Å². The molecule has 0 aliphatic rings. The van der Waals surface area contributed by atoms with Crippen molar-refractivity contribution >= 4 is 11.3 Å². The summed E-state index contributed by atoms with van der Waals surface area (Å²) in [6, 6.07) is 2.19. The summed E-state index contributed by atoms with van der Waals surface area (Å²) >= 11 is 1.76. The van der Waals surface area contributed by atoms with Crippen LogP contribution in [-0.2, 0) is 19.5 Å². The molecule has 2 rings (SSSR count). The number of nitrogens with zero attached hydrogens (tertiary/aromatic N) is 2. The highest BCUT2D eigenvalue weighted by atomic mass is 32.1. The zero-order valence-corrected chi connectivity index (χ0v) is 10.5. The van der Waals surface area contributed by atoms with Gasteiger partial charge in [-0.1, -0.05) is 0 Å². The predicted octanol–water partition coefficient (Wildman–Crippen LogP) is 2.22. The largest absolute Gasteiger partial charge is 0.331 e. The van der Waals surface area contributed by atoms with Crippen LogP contribution in [0.5, 0.6) is 0 Å². The van der Waals surface area contributed by atoms with Crippen LogP contribution in [0, 0.1) is 6.92 Å². The van der Waals surface area contributed by atoms with Crippen LogP contribution >= 0.6 is 11.3 Å². The molecule has 0 spiro atoms. The standard InChI is InChI=1S/C12H17N3S/c1-10-14-8-12(7-13-2)15(10)5-3-11-4-6-16-9-11/h4,6,8-9,13H,3,5,7H2,1-2H3. The second-order valence-corrected chi connectivity index (χ2v) is 4.64. The minimum absolute atomic E-state index is 0.879. The molecule has 0 atom stereocenters. The first-order valence-electron chi connectivity index (χ1n) is 5.48. The lowest BCUT2D eigenvalue weighted by Crippen LogP contribution is -2.13. The van der Waals surface area contributed by atoms with E-state index in [0.717, 1.165) is 25.3 Å². The number of imidazole rings is 1. The van der Waals surface area contributed by atoms with Gasteiger partial charge in [0.05, 0.1) is 5.69 Å². The molecule has 0 radical (unpaired) electrons. The number of aromatic nitrogens is 2. The highest BCUT2D eigenvalue weighted by Crippen LogP contribution is 2.10. The molecular weight excluding hydrogens is 218 g/mol. The minimum Gasteiger partial charge on any atom is -0.331 e. The summed E-state index contributed by atoms with van der Waals surface area (Å²) in [7, 11) is 1.96. The number of hydrogen-bond donors (Lipinski definition) is 1. The van der Waals surface area contributed by atoms with Crippen molar-refractivity contribution in [2.24, 2.45) is 0 Å². The zero-order chi connectivity index (χ0) is 11.4. The van der Waals surface area contributed by atoms with E-state index in [1.54, 1.807) is 11.3 Å². The van der Waals surface area contributed by atoms with Crippen LogP contribution in [0.4, 0.5) is 0 Å². The van der Waals surface area contributed by atoms with E-state index < -0.39 is 0 Å². The Bertz CT molecular complexity index is 431. The zero-order valence-electron chi connectivity index (χ0n) is 9.73. The van der Waals surface area contributed by atoms with E-state index in [2.05, 4.69) is 38.6 Å². The normalized spacial score (nSPS) is 10.9. The monoisotopic (exact) mass is 235 g/mol. The molecule has 16 heavy (non-hydrogen) atoms. The van der Waals surface area contributed by atoms with Crippen LogP contribution in [0.3, 0.4) is 0 Å². The molecule has 0 aromatic carbocycles. The molecule has 0 aliphatic carbocycles. The molecule has 2 aromatic heterocycles. The van der Waals surface area contributed by atoms with Crippen molar-refractivity contribution in [1.29, 1.82) is 0 Å². The van der Waals surface area contributed by atoms with Crippen molar-refractivity contribution in [1.82, 2.24) is 14.9 Å². The minimum atomic E-state index is 0.879. The van der Waals surface area contributed by atoms with Crippen molar-refractivity contribution in [3.63, 3.8) is 0 Å². The third-order valence-corrected chi connectivity index (χ3v) is 3.43. The maximum absolute atomic E-state index is 4.36. The van der Waals surface area contributed by atoms with Crippen LogP contribution < -0.4 is 5.32 Å². The van der Waals surface area contributed by atoms with Crippen LogP contribution in [-0.4, -0.2) is 16.6 Å². The van der Waals surface area contributed by atoms with Gasteiger partial charge in [-0.05, 0) is 42.8 Å². The van der Waals surface area contributed by atoms with Crippen molar-refractivity contribution in [2.75, 3.05) is 7.05 Å². The SMILES string of the molecule is CNCc1cnc(C)n1CCc1ccsc1. The first kappa shape index (κ1) is 11.4. The molecule has 4 heteroatoms. The third kappa shape index (κ3) is 2.51. The molecule has 0 unspecified atom stereocenters. The number of rotatable bonds is 5. The lowest BCUT2D eigenvalue weighted by atomic mass is 10.2. The van der Waals surface area contributed by atoms with Gasteiger partial charge in [0.15, 0.2) is 0 Å². The van der Waals surface area contributed by atoms with Crippen LogP contribution in [0.15, 0.2) is 23.0 Å². The summed E-state index contributed by atoms with van der Waals surface area (Å²) in [5, 5.41) is 7.51. The fourth-order valence-electron chi connectivity index (χ4n) is 1.82. The topological polar surface area (TPSA) is 29.9 Å². The van der Waals surface area contributed by atoms with Crippen molar-refractivity contribution in [2.45, 2.75) is 26.4 Å². The average Bonchev–Trinajstić information content (AvgIpc) is 2.88. The summed E-state index contributed by atoms with van der Waals surface area (Å²) in [4.78, 5) is 4.36. The van der Waals surface area contributed by atoms with E-state index in [0.29, 0.717) is 0 Å². The molecule has 0 saturated heterocycles. The van der Waals surface area contributed by atoms with E-state index in [1.165, 1.54) is 11.3 Å². The third-order valence-electron chi connectivity index (χ3n) is 2.70. The van der Waals surface area contributed by atoms with Gasteiger partial charge in [0.1, 0.15) is 5.82 Å².